The number of hydrogen-bond acceptors (Lipinski definition) is 3. The first kappa shape index (κ1) is 13.8. The van der Waals surface area contributed by atoms with Crippen LogP contribution in [0.2, 0.25) is 0 Å². The molecule has 2 heterocycles. The average Bonchev–Trinajstić information content (AvgIpc) is 2.72. The summed E-state index contributed by atoms with van der Waals surface area (Å²) in [5.74, 6) is 2.20. The number of anilines is 1. The molecule has 0 aliphatic carbocycles. The van der Waals surface area contributed by atoms with Gasteiger partial charge in [-0.3, -0.25) is 4.79 Å². The van der Waals surface area contributed by atoms with Crippen LogP contribution in [0, 0.1) is 11.8 Å². The summed E-state index contributed by atoms with van der Waals surface area (Å²) in [5, 5.41) is 3.20. The van der Waals surface area contributed by atoms with E-state index in [4.69, 9.17) is 0 Å². The van der Waals surface area contributed by atoms with E-state index in [-0.39, 0.29) is 5.91 Å². The predicted octanol–water partition coefficient (Wildman–Crippen LogP) is 2.52. The number of carbonyl (C=O) groups excluding carboxylic acids is 1. The number of aromatic nitrogens is 1. The van der Waals surface area contributed by atoms with Crippen LogP contribution in [0.5, 0.6) is 0 Å². The molecule has 2 rings (SSSR count). The van der Waals surface area contributed by atoms with Gasteiger partial charge >= 0.3 is 0 Å². The monoisotopic (exact) mass is 261 g/mol. The molecule has 1 aromatic rings. The van der Waals surface area contributed by atoms with Crippen molar-refractivity contribution in [2.24, 2.45) is 11.8 Å². The van der Waals surface area contributed by atoms with Crippen LogP contribution in [0.15, 0.2) is 18.2 Å². The summed E-state index contributed by atoms with van der Waals surface area (Å²) in [6.07, 6.45) is 0.685. The molecule has 1 atom stereocenters. The van der Waals surface area contributed by atoms with E-state index in [0.717, 1.165) is 24.6 Å². The lowest BCUT2D eigenvalue weighted by atomic mass is 9.95. The first-order valence-electron chi connectivity index (χ1n) is 7.07. The molecule has 0 spiro atoms. The number of nitrogens with zero attached hydrogens (tertiary/aromatic N) is 2. The van der Waals surface area contributed by atoms with E-state index in [1.54, 1.807) is 0 Å². The molecule has 1 amide bonds. The van der Waals surface area contributed by atoms with Crippen molar-refractivity contribution in [1.29, 1.82) is 0 Å². The van der Waals surface area contributed by atoms with Gasteiger partial charge in [0.2, 0.25) is 5.91 Å². The first-order chi connectivity index (χ1) is 9.10. The van der Waals surface area contributed by atoms with Crippen LogP contribution in [0.4, 0.5) is 5.82 Å². The second-order valence-corrected chi connectivity index (χ2v) is 5.53. The van der Waals surface area contributed by atoms with Crippen molar-refractivity contribution in [3.8, 4) is 0 Å². The third-order valence-electron chi connectivity index (χ3n) is 3.70. The quantitative estimate of drug-likeness (QED) is 0.886. The largest absolute Gasteiger partial charge is 0.370 e. The minimum absolute atomic E-state index is 0.259. The smallest absolute Gasteiger partial charge is 0.223 e. The molecule has 4 heteroatoms. The van der Waals surface area contributed by atoms with E-state index in [1.165, 1.54) is 0 Å². The number of hydrogen-bond donors (Lipinski definition) is 1. The van der Waals surface area contributed by atoms with Crippen LogP contribution in [-0.2, 0) is 11.3 Å². The zero-order valence-electron chi connectivity index (χ0n) is 12.0. The van der Waals surface area contributed by atoms with E-state index in [0.29, 0.717) is 24.8 Å². The van der Waals surface area contributed by atoms with Crippen LogP contribution in [0.1, 0.15) is 32.9 Å². The Kier molecular flexibility index (Phi) is 4.40. The van der Waals surface area contributed by atoms with Crippen LogP contribution in [-0.4, -0.2) is 28.9 Å². The topological polar surface area (TPSA) is 45.2 Å². The third-order valence-corrected chi connectivity index (χ3v) is 3.70. The number of likely N-dealkylation sites (tertiary alicyclic amines) is 1. The Labute approximate surface area is 115 Å². The summed E-state index contributed by atoms with van der Waals surface area (Å²) in [6.45, 7) is 8.77. The highest BCUT2D eigenvalue weighted by atomic mass is 16.2. The van der Waals surface area contributed by atoms with Crippen molar-refractivity contribution in [2.75, 3.05) is 18.4 Å². The van der Waals surface area contributed by atoms with Gasteiger partial charge in [0.15, 0.2) is 0 Å². The highest BCUT2D eigenvalue weighted by molar-refractivity contribution is 5.78. The Morgan fingerprint density at radius 2 is 2.26 bits per heavy atom. The van der Waals surface area contributed by atoms with Gasteiger partial charge in [0.25, 0.3) is 0 Å². The minimum Gasteiger partial charge on any atom is -0.370 e. The van der Waals surface area contributed by atoms with Crippen molar-refractivity contribution in [3.63, 3.8) is 0 Å². The van der Waals surface area contributed by atoms with Crippen LogP contribution in [0.25, 0.3) is 0 Å². The average molecular weight is 261 g/mol. The molecule has 1 aliphatic rings. The van der Waals surface area contributed by atoms with Crippen molar-refractivity contribution >= 4 is 11.7 Å². The molecule has 1 aliphatic heterocycles. The fourth-order valence-electron chi connectivity index (χ4n) is 2.44. The lowest BCUT2D eigenvalue weighted by molar-refractivity contribution is -0.128. The Bertz CT molecular complexity index is 445. The van der Waals surface area contributed by atoms with Gasteiger partial charge in [0.1, 0.15) is 5.82 Å². The van der Waals surface area contributed by atoms with E-state index in [1.807, 2.05) is 30.0 Å². The van der Waals surface area contributed by atoms with Crippen LogP contribution >= 0.6 is 0 Å². The van der Waals surface area contributed by atoms with Gasteiger partial charge in [-0.2, -0.15) is 0 Å². The van der Waals surface area contributed by atoms with Gasteiger partial charge in [0.05, 0.1) is 12.2 Å². The van der Waals surface area contributed by atoms with Crippen molar-refractivity contribution in [1.82, 2.24) is 9.88 Å². The van der Waals surface area contributed by atoms with Gasteiger partial charge in [-0.1, -0.05) is 19.9 Å². The molecule has 0 radical (unpaired) electrons. The van der Waals surface area contributed by atoms with Gasteiger partial charge in [0, 0.05) is 19.5 Å². The Morgan fingerprint density at radius 1 is 1.47 bits per heavy atom. The molecule has 1 N–H and O–H groups in total. The molecule has 0 saturated carbocycles. The summed E-state index contributed by atoms with van der Waals surface area (Å²) in [7, 11) is 0. The van der Waals surface area contributed by atoms with Crippen molar-refractivity contribution in [2.45, 2.75) is 33.7 Å². The molecule has 0 bridgehead atoms. The fraction of sp³-hybridized carbons (Fsp3) is 0.600. The van der Waals surface area contributed by atoms with Crippen LogP contribution < -0.4 is 5.32 Å². The van der Waals surface area contributed by atoms with Crippen molar-refractivity contribution in [3.05, 3.63) is 23.9 Å². The maximum atomic E-state index is 12.0. The van der Waals surface area contributed by atoms with E-state index in [2.05, 4.69) is 24.1 Å². The Balaban J connectivity index is 2.01. The highest BCUT2D eigenvalue weighted by Crippen LogP contribution is 2.25. The number of carbonyl (C=O) groups is 1. The van der Waals surface area contributed by atoms with E-state index in [9.17, 15) is 4.79 Å². The zero-order valence-corrected chi connectivity index (χ0v) is 12.0. The molecule has 4 nitrogen and oxygen atoms in total. The zero-order chi connectivity index (χ0) is 13.8. The standard InChI is InChI=1S/C15H23N3O/c1-4-16-14-7-5-6-13(17-14)10-18-9-12(11(2)3)8-15(18)19/h5-7,11-12H,4,8-10H2,1-3H3,(H,16,17). The van der Waals surface area contributed by atoms with Gasteiger partial charge in [-0.25, -0.2) is 4.98 Å². The van der Waals surface area contributed by atoms with Gasteiger partial charge in [-0.05, 0) is 30.9 Å². The SMILES string of the molecule is CCNc1cccc(CN2CC(C(C)C)CC2=O)n1. The predicted molar refractivity (Wildman–Crippen MR) is 76.8 cm³/mol. The van der Waals surface area contributed by atoms with Crippen LogP contribution in [0.3, 0.4) is 0 Å². The molecule has 1 unspecified atom stereocenters. The molecule has 1 aromatic heterocycles. The summed E-state index contributed by atoms with van der Waals surface area (Å²) < 4.78 is 0. The normalized spacial score (nSPS) is 19.3. The highest BCUT2D eigenvalue weighted by Gasteiger charge is 2.31. The number of nitrogens with one attached hydrogen (secondary N) is 1. The summed E-state index contributed by atoms with van der Waals surface area (Å²) in [4.78, 5) is 18.4. The molecule has 1 fully saturated rings. The summed E-state index contributed by atoms with van der Waals surface area (Å²) >= 11 is 0. The molecular formula is C15H23N3O. The lowest BCUT2D eigenvalue weighted by Gasteiger charge is -2.18. The lowest BCUT2D eigenvalue weighted by Crippen LogP contribution is -2.25. The number of rotatable bonds is 5. The molecule has 0 aromatic carbocycles. The van der Waals surface area contributed by atoms with Gasteiger partial charge in [-0.15, -0.1) is 0 Å². The molecule has 1 saturated heterocycles. The molecule has 19 heavy (non-hydrogen) atoms. The second-order valence-electron chi connectivity index (χ2n) is 5.53. The first-order valence-corrected chi connectivity index (χ1v) is 7.07. The molecule has 104 valence electrons. The minimum atomic E-state index is 0.259. The number of pyridine rings is 1. The Morgan fingerprint density at radius 3 is 2.89 bits per heavy atom. The maximum absolute atomic E-state index is 12.0. The van der Waals surface area contributed by atoms with Crippen molar-refractivity contribution < 1.29 is 4.79 Å². The summed E-state index contributed by atoms with van der Waals surface area (Å²) in [5.41, 5.74) is 0.955. The molecular weight excluding hydrogens is 238 g/mol. The summed E-state index contributed by atoms with van der Waals surface area (Å²) in [6, 6.07) is 5.92. The van der Waals surface area contributed by atoms with E-state index >= 15 is 0 Å². The third kappa shape index (κ3) is 3.46. The maximum Gasteiger partial charge on any atom is 0.223 e. The Hall–Kier alpha value is -1.58. The second kappa shape index (κ2) is 6.04. The fourth-order valence-corrected chi connectivity index (χ4v) is 2.44. The van der Waals surface area contributed by atoms with Gasteiger partial charge < -0.3 is 10.2 Å². The number of amides is 1. The van der Waals surface area contributed by atoms with E-state index < -0.39 is 0 Å².